The fourth-order valence-electron chi connectivity index (χ4n) is 3.56. The van der Waals surface area contributed by atoms with Crippen LogP contribution in [-0.4, -0.2) is 43.0 Å². The predicted octanol–water partition coefficient (Wildman–Crippen LogP) is 2.86. The Labute approximate surface area is 191 Å². The van der Waals surface area contributed by atoms with Crippen LogP contribution in [0.25, 0.3) is 10.8 Å². The third kappa shape index (κ3) is 5.14. The van der Waals surface area contributed by atoms with Gasteiger partial charge < -0.3 is 19.5 Å². The van der Waals surface area contributed by atoms with E-state index in [1.165, 1.54) is 26.0 Å². The van der Waals surface area contributed by atoms with Crippen molar-refractivity contribution in [2.24, 2.45) is 0 Å². The highest BCUT2D eigenvalue weighted by Gasteiger charge is 2.24. The van der Waals surface area contributed by atoms with E-state index in [1.54, 1.807) is 42.5 Å². The van der Waals surface area contributed by atoms with Gasteiger partial charge in [-0.3, -0.25) is 14.4 Å². The summed E-state index contributed by atoms with van der Waals surface area (Å²) in [6.07, 6.45) is 0.577. The van der Waals surface area contributed by atoms with Gasteiger partial charge >= 0.3 is 5.97 Å². The van der Waals surface area contributed by atoms with Crippen LogP contribution in [0.5, 0.6) is 11.5 Å². The molecule has 174 valence electrons. The molecule has 33 heavy (non-hydrogen) atoms. The molecule has 1 aromatic heterocycles. The van der Waals surface area contributed by atoms with Gasteiger partial charge in [-0.1, -0.05) is 31.2 Å². The number of esters is 1. The Balaban J connectivity index is 2.04. The molecule has 1 unspecified atom stereocenters. The summed E-state index contributed by atoms with van der Waals surface area (Å²) >= 11 is 0. The molecular weight excluding hydrogens is 426 g/mol. The molecule has 0 saturated heterocycles. The second kappa shape index (κ2) is 10.6. The number of carbonyl (C=O) groups excluding carboxylic acids is 2. The third-order valence-corrected chi connectivity index (χ3v) is 5.23. The zero-order valence-electron chi connectivity index (χ0n) is 19.1. The van der Waals surface area contributed by atoms with E-state index in [-0.39, 0.29) is 17.7 Å². The number of ether oxygens (including phenoxy) is 3. The number of methoxy groups -OCH3 is 3. The summed E-state index contributed by atoms with van der Waals surface area (Å²) in [7, 11) is 4.31. The molecular formula is C24H27N3O6. The van der Waals surface area contributed by atoms with Gasteiger partial charge in [0.05, 0.1) is 39.2 Å². The van der Waals surface area contributed by atoms with E-state index in [0.29, 0.717) is 40.8 Å². The van der Waals surface area contributed by atoms with Crippen LogP contribution in [0.4, 0.5) is 0 Å². The molecule has 1 atom stereocenters. The first-order valence-electron chi connectivity index (χ1n) is 10.5. The molecule has 0 aliphatic rings. The molecule has 3 rings (SSSR count). The van der Waals surface area contributed by atoms with Crippen LogP contribution in [0, 0.1) is 0 Å². The van der Waals surface area contributed by atoms with Crippen molar-refractivity contribution in [3.05, 3.63) is 64.1 Å². The average molecular weight is 453 g/mol. The molecule has 0 saturated carbocycles. The topological polar surface area (TPSA) is 109 Å². The zero-order valence-corrected chi connectivity index (χ0v) is 19.1. The number of nitrogens with one attached hydrogen (secondary N) is 1. The molecule has 0 bridgehead atoms. The number of aromatic nitrogens is 2. The Morgan fingerprint density at radius 2 is 1.73 bits per heavy atom. The monoisotopic (exact) mass is 453 g/mol. The van der Waals surface area contributed by atoms with Crippen LogP contribution in [0.1, 0.15) is 41.9 Å². The van der Waals surface area contributed by atoms with Crippen LogP contribution in [-0.2, 0) is 16.1 Å². The number of rotatable bonds is 9. The van der Waals surface area contributed by atoms with E-state index in [0.717, 1.165) is 0 Å². The zero-order chi connectivity index (χ0) is 24.0. The Kier molecular flexibility index (Phi) is 7.66. The minimum Gasteiger partial charge on any atom is -0.493 e. The van der Waals surface area contributed by atoms with Gasteiger partial charge in [0, 0.05) is 11.9 Å². The fourth-order valence-corrected chi connectivity index (χ4v) is 3.56. The molecule has 0 aliphatic carbocycles. The second-order valence-corrected chi connectivity index (χ2v) is 7.34. The van der Waals surface area contributed by atoms with E-state index in [1.807, 2.05) is 6.92 Å². The lowest BCUT2D eigenvalue weighted by atomic mass is 10.0. The first-order chi connectivity index (χ1) is 15.9. The lowest BCUT2D eigenvalue weighted by Crippen LogP contribution is -2.34. The highest BCUT2D eigenvalue weighted by molar-refractivity contribution is 6.05. The lowest BCUT2D eigenvalue weighted by molar-refractivity contribution is -0.141. The fraction of sp³-hybridized carbons (Fsp3) is 0.333. The minimum absolute atomic E-state index is 0.106. The van der Waals surface area contributed by atoms with Gasteiger partial charge in [-0.15, -0.1) is 0 Å². The van der Waals surface area contributed by atoms with Crippen LogP contribution >= 0.6 is 0 Å². The summed E-state index contributed by atoms with van der Waals surface area (Å²) in [4.78, 5) is 38.2. The van der Waals surface area contributed by atoms with Crippen molar-refractivity contribution in [2.75, 3.05) is 21.3 Å². The van der Waals surface area contributed by atoms with E-state index >= 15 is 0 Å². The quantitative estimate of drug-likeness (QED) is 0.496. The maximum Gasteiger partial charge on any atom is 0.307 e. The van der Waals surface area contributed by atoms with Crippen LogP contribution in [0.15, 0.2) is 47.3 Å². The summed E-state index contributed by atoms with van der Waals surface area (Å²) < 4.78 is 16.7. The number of carbonyl (C=O) groups is 2. The van der Waals surface area contributed by atoms with Crippen molar-refractivity contribution < 1.29 is 23.8 Å². The number of benzene rings is 2. The number of hydrogen-bond donors (Lipinski definition) is 1. The number of nitrogens with zero attached hydrogens (tertiary/aromatic N) is 2. The minimum atomic E-state index is -0.725. The Bertz CT molecular complexity index is 1220. The molecule has 0 spiro atoms. The van der Waals surface area contributed by atoms with Gasteiger partial charge in [-0.2, -0.15) is 5.10 Å². The van der Waals surface area contributed by atoms with Crippen molar-refractivity contribution in [2.45, 2.75) is 32.4 Å². The van der Waals surface area contributed by atoms with E-state index < -0.39 is 17.9 Å². The molecule has 2 aromatic carbocycles. The Morgan fingerprint density at radius 1 is 1.03 bits per heavy atom. The number of fused-ring (bicyclic) bond motifs is 1. The summed E-state index contributed by atoms with van der Waals surface area (Å²) in [5.74, 6) is -0.0357. The first-order valence-corrected chi connectivity index (χ1v) is 10.5. The average Bonchev–Trinajstić information content (AvgIpc) is 2.84. The van der Waals surface area contributed by atoms with Crippen LogP contribution in [0.2, 0.25) is 0 Å². The van der Waals surface area contributed by atoms with Gasteiger partial charge in [0.25, 0.3) is 11.5 Å². The highest BCUT2D eigenvalue weighted by atomic mass is 16.5. The summed E-state index contributed by atoms with van der Waals surface area (Å²) in [6.45, 7) is 2.30. The van der Waals surface area contributed by atoms with Crippen molar-refractivity contribution in [1.29, 1.82) is 0 Å². The van der Waals surface area contributed by atoms with Crippen LogP contribution < -0.4 is 20.3 Å². The molecule has 9 nitrogen and oxygen atoms in total. The van der Waals surface area contributed by atoms with Crippen LogP contribution in [0.3, 0.4) is 0 Å². The van der Waals surface area contributed by atoms with Gasteiger partial charge in [-0.05, 0) is 30.2 Å². The largest absolute Gasteiger partial charge is 0.493 e. The van der Waals surface area contributed by atoms with E-state index in [9.17, 15) is 14.4 Å². The maximum absolute atomic E-state index is 13.4. The van der Waals surface area contributed by atoms with Crippen molar-refractivity contribution in [3.63, 3.8) is 0 Å². The second-order valence-electron chi connectivity index (χ2n) is 7.34. The number of aryl methyl sites for hydroxylation is 1. The predicted molar refractivity (Wildman–Crippen MR) is 123 cm³/mol. The van der Waals surface area contributed by atoms with Crippen molar-refractivity contribution >= 4 is 22.6 Å². The third-order valence-electron chi connectivity index (χ3n) is 5.23. The first kappa shape index (κ1) is 23.8. The maximum atomic E-state index is 13.4. The number of hydrogen-bond acceptors (Lipinski definition) is 7. The number of amides is 1. The molecule has 1 amide bonds. The highest BCUT2D eigenvalue weighted by Crippen LogP contribution is 2.31. The Hall–Kier alpha value is -3.88. The van der Waals surface area contributed by atoms with Crippen molar-refractivity contribution in [1.82, 2.24) is 15.1 Å². The molecule has 0 fully saturated rings. The van der Waals surface area contributed by atoms with Gasteiger partial charge in [-0.25, -0.2) is 4.68 Å². The van der Waals surface area contributed by atoms with Gasteiger partial charge in [0.1, 0.15) is 0 Å². The summed E-state index contributed by atoms with van der Waals surface area (Å²) in [5, 5.41) is 8.04. The van der Waals surface area contributed by atoms with E-state index in [4.69, 9.17) is 14.2 Å². The van der Waals surface area contributed by atoms with Crippen molar-refractivity contribution in [3.8, 4) is 11.5 Å². The van der Waals surface area contributed by atoms with Gasteiger partial charge in [0.2, 0.25) is 0 Å². The molecule has 3 aromatic rings. The molecule has 1 N–H and O–H groups in total. The Morgan fingerprint density at radius 3 is 2.36 bits per heavy atom. The molecule has 1 heterocycles. The lowest BCUT2D eigenvalue weighted by Gasteiger charge is -2.20. The SMILES string of the molecule is CCCn1nc(C(=O)NC(CC(=O)OC)c2ccc(OC)c(OC)c2)c2ccccc2c1=O. The molecule has 9 heteroatoms. The van der Waals surface area contributed by atoms with E-state index in [2.05, 4.69) is 10.4 Å². The normalized spacial score (nSPS) is 11.6. The smallest absolute Gasteiger partial charge is 0.307 e. The van der Waals surface area contributed by atoms with Gasteiger partial charge in [0.15, 0.2) is 17.2 Å². The molecule has 0 radical (unpaired) electrons. The molecule has 0 aliphatic heterocycles. The summed E-state index contributed by atoms with van der Waals surface area (Å²) in [5.41, 5.74) is 0.474. The summed E-state index contributed by atoms with van der Waals surface area (Å²) in [6, 6.07) is 11.2. The standard InChI is InChI=1S/C24H27N3O6/c1-5-12-27-24(30)17-9-7-6-8-16(17)22(26-27)23(29)25-18(14-21(28)33-4)15-10-11-19(31-2)20(13-15)32-3/h6-11,13,18H,5,12,14H2,1-4H3,(H,25,29).